The van der Waals surface area contributed by atoms with Gasteiger partial charge >= 0.3 is 5.97 Å². The van der Waals surface area contributed by atoms with Crippen LogP contribution in [0.1, 0.15) is 34.6 Å². The van der Waals surface area contributed by atoms with E-state index in [0.717, 1.165) is 0 Å². The van der Waals surface area contributed by atoms with E-state index in [1.165, 1.54) is 6.92 Å². The number of aliphatic hydroxyl groups excluding tert-OH is 1. The molecule has 7 N–H and O–H groups in total. The predicted octanol–water partition coefficient (Wildman–Crippen LogP) is -1.52. The standard InChI is InChI=1S/C17H32N4O6S/c1-7(2)11(15(24)20-12(8(3)4)17(26)27)19-16(25)13(9(5)22)21-14(23)10(18)6-28/h7-13,22,28H,6,18H2,1-5H3,(H,19,25)(H,20,24)(H,21,23)(H,26,27). The lowest BCUT2D eigenvalue weighted by Gasteiger charge is -2.28. The highest BCUT2D eigenvalue weighted by molar-refractivity contribution is 7.80. The Labute approximate surface area is 170 Å². The molecule has 0 saturated carbocycles. The van der Waals surface area contributed by atoms with Crippen molar-refractivity contribution in [3.05, 3.63) is 0 Å². The van der Waals surface area contributed by atoms with Crippen LogP contribution in [0.2, 0.25) is 0 Å². The van der Waals surface area contributed by atoms with E-state index in [-0.39, 0.29) is 17.6 Å². The van der Waals surface area contributed by atoms with E-state index in [0.29, 0.717) is 0 Å². The third-order valence-corrected chi connectivity index (χ3v) is 4.47. The highest BCUT2D eigenvalue weighted by Crippen LogP contribution is 2.07. The van der Waals surface area contributed by atoms with E-state index in [1.807, 2.05) is 0 Å². The Morgan fingerprint density at radius 2 is 1.21 bits per heavy atom. The summed E-state index contributed by atoms with van der Waals surface area (Å²) in [6.07, 6.45) is -1.26. The van der Waals surface area contributed by atoms with Crippen molar-refractivity contribution < 1.29 is 29.4 Å². The first kappa shape index (κ1) is 26.1. The number of carbonyl (C=O) groups is 4. The number of carboxylic acids is 1. The second-order valence-electron chi connectivity index (χ2n) is 7.31. The maximum Gasteiger partial charge on any atom is 0.326 e. The molecule has 0 aliphatic rings. The minimum atomic E-state index is -1.34. The topological polar surface area (TPSA) is 171 Å². The Morgan fingerprint density at radius 3 is 1.57 bits per heavy atom. The summed E-state index contributed by atoms with van der Waals surface area (Å²) >= 11 is 3.90. The number of aliphatic hydroxyl groups is 1. The zero-order valence-corrected chi connectivity index (χ0v) is 17.7. The first-order chi connectivity index (χ1) is 12.8. The summed E-state index contributed by atoms with van der Waals surface area (Å²) in [4.78, 5) is 48.3. The Bertz CT molecular complexity index is 570. The van der Waals surface area contributed by atoms with E-state index in [2.05, 4.69) is 28.6 Å². The molecule has 0 radical (unpaired) electrons. The lowest BCUT2D eigenvalue weighted by atomic mass is 9.99. The summed E-state index contributed by atoms with van der Waals surface area (Å²) in [5.41, 5.74) is 5.55. The molecule has 5 atom stereocenters. The fourth-order valence-electron chi connectivity index (χ4n) is 2.28. The quantitative estimate of drug-likeness (QED) is 0.199. The molecule has 28 heavy (non-hydrogen) atoms. The van der Waals surface area contributed by atoms with Crippen molar-refractivity contribution in [1.82, 2.24) is 16.0 Å². The molecule has 0 aromatic heterocycles. The molecule has 0 heterocycles. The van der Waals surface area contributed by atoms with Gasteiger partial charge < -0.3 is 31.9 Å². The molecule has 3 amide bonds. The number of thiol groups is 1. The summed E-state index contributed by atoms with van der Waals surface area (Å²) in [5.74, 6) is -4.03. The van der Waals surface area contributed by atoms with Crippen LogP contribution in [-0.4, -0.2) is 69.9 Å². The van der Waals surface area contributed by atoms with Gasteiger partial charge in [0.05, 0.1) is 12.1 Å². The SMILES string of the molecule is CC(C)C(NC(=O)C(NC(=O)C(NC(=O)C(N)CS)C(C)O)C(C)C)C(=O)O. The maximum atomic E-state index is 12.6. The van der Waals surface area contributed by atoms with E-state index in [4.69, 9.17) is 5.73 Å². The lowest BCUT2D eigenvalue weighted by Crippen LogP contribution is -2.61. The van der Waals surface area contributed by atoms with Gasteiger partial charge in [-0.2, -0.15) is 12.6 Å². The van der Waals surface area contributed by atoms with E-state index >= 15 is 0 Å². The van der Waals surface area contributed by atoms with Gasteiger partial charge in [-0.1, -0.05) is 27.7 Å². The molecule has 162 valence electrons. The molecular weight excluding hydrogens is 388 g/mol. The fraction of sp³-hybridized carbons (Fsp3) is 0.765. The predicted molar refractivity (Wildman–Crippen MR) is 107 cm³/mol. The molecule has 0 aromatic rings. The van der Waals surface area contributed by atoms with Crippen molar-refractivity contribution in [3.63, 3.8) is 0 Å². The second kappa shape index (κ2) is 11.9. The number of hydrogen-bond donors (Lipinski definition) is 7. The molecule has 0 bridgehead atoms. The number of carboxylic acid groups (broad SMARTS) is 1. The van der Waals surface area contributed by atoms with Crippen LogP contribution in [0.3, 0.4) is 0 Å². The zero-order chi connectivity index (χ0) is 22.2. The Kier molecular flexibility index (Phi) is 11.1. The van der Waals surface area contributed by atoms with Gasteiger partial charge in [0.2, 0.25) is 17.7 Å². The Morgan fingerprint density at radius 1 is 0.821 bits per heavy atom. The molecule has 0 saturated heterocycles. The van der Waals surface area contributed by atoms with Crippen LogP contribution in [0.15, 0.2) is 0 Å². The molecule has 11 heteroatoms. The molecule has 0 rings (SSSR count). The van der Waals surface area contributed by atoms with Gasteiger partial charge in [0, 0.05) is 5.75 Å². The average Bonchev–Trinajstić information content (AvgIpc) is 2.59. The normalized spacial score (nSPS) is 16.6. The number of nitrogens with two attached hydrogens (primary N) is 1. The van der Waals surface area contributed by atoms with Crippen LogP contribution in [0.4, 0.5) is 0 Å². The maximum absolute atomic E-state index is 12.6. The fourth-order valence-corrected chi connectivity index (χ4v) is 2.45. The Balaban J connectivity index is 5.32. The van der Waals surface area contributed by atoms with Gasteiger partial charge in [0.25, 0.3) is 0 Å². The molecule has 0 aliphatic heterocycles. The van der Waals surface area contributed by atoms with Crippen molar-refractivity contribution in [2.24, 2.45) is 17.6 Å². The van der Waals surface area contributed by atoms with Gasteiger partial charge in [0.1, 0.15) is 18.1 Å². The van der Waals surface area contributed by atoms with Crippen molar-refractivity contribution in [2.75, 3.05) is 5.75 Å². The highest BCUT2D eigenvalue weighted by Gasteiger charge is 2.34. The van der Waals surface area contributed by atoms with Crippen LogP contribution in [0.25, 0.3) is 0 Å². The summed E-state index contributed by atoms with van der Waals surface area (Å²) in [6, 6.07) is -4.49. The molecule has 0 aromatic carbocycles. The molecule has 0 aliphatic carbocycles. The van der Waals surface area contributed by atoms with E-state index in [1.54, 1.807) is 27.7 Å². The van der Waals surface area contributed by atoms with Crippen LogP contribution >= 0.6 is 12.6 Å². The van der Waals surface area contributed by atoms with Crippen LogP contribution in [0, 0.1) is 11.8 Å². The van der Waals surface area contributed by atoms with Crippen LogP contribution in [0.5, 0.6) is 0 Å². The molecule has 10 nitrogen and oxygen atoms in total. The summed E-state index contributed by atoms with van der Waals surface area (Å²) in [5, 5.41) is 26.3. The van der Waals surface area contributed by atoms with Crippen molar-refractivity contribution in [2.45, 2.75) is 64.9 Å². The largest absolute Gasteiger partial charge is 0.480 e. The summed E-state index contributed by atoms with van der Waals surface area (Å²) in [6.45, 7) is 7.93. The first-order valence-corrected chi connectivity index (χ1v) is 9.65. The van der Waals surface area contributed by atoms with Crippen molar-refractivity contribution >= 4 is 36.3 Å². The van der Waals surface area contributed by atoms with E-state index < -0.39 is 54.0 Å². The van der Waals surface area contributed by atoms with Crippen molar-refractivity contribution in [3.8, 4) is 0 Å². The molecular formula is C17H32N4O6S. The number of aliphatic carboxylic acids is 1. The number of nitrogens with one attached hydrogen (secondary N) is 3. The average molecular weight is 421 g/mol. The van der Waals surface area contributed by atoms with Gasteiger partial charge in [0.15, 0.2) is 0 Å². The van der Waals surface area contributed by atoms with Gasteiger partial charge in [-0.05, 0) is 18.8 Å². The number of hydrogen-bond acceptors (Lipinski definition) is 7. The van der Waals surface area contributed by atoms with Crippen molar-refractivity contribution in [1.29, 1.82) is 0 Å². The summed E-state index contributed by atoms with van der Waals surface area (Å²) < 4.78 is 0. The number of rotatable bonds is 11. The summed E-state index contributed by atoms with van der Waals surface area (Å²) in [7, 11) is 0. The van der Waals surface area contributed by atoms with E-state index in [9.17, 15) is 29.4 Å². The smallest absolute Gasteiger partial charge is 0.326 e. The zero-order valence-electron chi connectivity index (χ0n) is 16.8. The Hall–Kier alpha value is -1.85. The second-order valence-corrected chi connectivity index (χ2v) is 7.68. The first-order valence-electron chi connectivity index (χ1n) is 9.01. The molecule has 0 fully saturated rings. The van der Waals surface area contributed by atoms with Gasteiger partial charge in [-0.15, -0.1) is 0 Å². The van der Waals surface area contributed by atoms with Gasteiger partial charge in [-0.25, -0.2) is 4.79 Å². The van der Waals surface area contributed by atoms with Gasteiger partial charge in [-0.3, -0.25) is 14.4 Å². The molecule has 0 spiro atoms. The monoisotopic (exact) mass is 420 g/mol. The lowest BCUT2D eigenvalue weighted by molar-refractivity contribution is -0.144. The molecule has 5 unspecified atom stereocenters. The van der Waals surface area contributed by atoms with Crippen LogP contribution in [-0.2, 0) is 19.2 Å². The highest BCUT2D eigenvalue weighted by atomic mass is 32.1. The minimum absolute atomic E-state index is 0.0444. The third kappa shape index (κ3) is 8.03. The number of amides is 3. The minimum Gasteiger partial charge on any atom is -0.480 e. The number of carbonyl (C=O) groups excluding carboxylic acids is 3. The third-order valence-electron chi connectivity index (χ3n) is 4.07. The van der Waals surface area contributed by atoms with Crippen LogP contribution < -0.4 is 21.7 Å².